The molecule has 1 heterocycles. The minimum atomic E-state index is 0.188. The predicted octanol–water partition coefficient (Wildman–Crippen LogP) is 1.57. The predicted molar refractivity (Wildman–Crippen MR) is 57.5 cm³/mol. The van der Waals surface area contributed by atoms with Crippen molar-refractivity contribution >= 4 is 0 Å². The lowest BCUT2D eigenvalue weighted by Gasteiger charge is -2.20. The summed E-state index contributed by atoms with van der Waals surface area (Å²) in [5, 5.41) is 3.38. The van der Waals surface area contributed by atoms with Crippen LogP contribution >= 0.6 is 0 Å². The van der Waals surface area contributed by atoms with E-state index in [2.05, 4.69) is 26.1 Å². The maximum atomic E-state index is 5.53. The molecule has 0 aromatic carbocycles. The summed E-state index contributed by atoms with van der Waals surface area (Å²) < 4.78 is 11.0. The Hall–Kier alpha value is -0.120. The topological polar surface area (TPSA) is 30.5 Å². The molecule has 1 fully saturated rings. The summed E-state index contributed by atoms with van der Waals surface area (Å²) in [5.74, 6) is 0. The molecule has 1 N–H and O–H groups in total. The Kier molecular flexibility index (Phi) is 4.85. The van der Waals surface area contributed by atoms with Gasteiger partial charge in [0.2, 0.25) is 0 Å². The molecule has 0 saturated carbocycles. The Balaban J connectivity index is 1.89. The van der Waals surface area contributed by atoms with Crippen LogP contribution in [0.3, 0.4) is 0 Å². The van der Waals surface area contributed by atoms with E-state index in [4.69, 9.17) is 9.47 Å². The van der Waals surface area contributed by atoms with Crippen molar-refractivity contribution in [2.24, 2.45) is 0 Å². The third-order valence-corrected chi connectivity index (χ3v) is 2.23. The van der Waals surface area contributed by atoms with Crippen LogP contribution in [-0.2, 0) is 9.47 Å². The number of hydrogen-bond donors (Lipinski definition) is 1. The summed E-state index contributed by atoms with van der Waals surface area (Å²) in [6, 6.07) is 0. The average molecular weight is 201 g/mol. The van der Waals surface area contributed by atoms with Crippen LogP contribution in [0.2, 0.25) is 0 Å². The first kappa shape index (κ1) is 12.0. The standard InChI is InChI=1S/C11H23NO2/c1-11(2,3)12-6-8-13-9-10-5-4-7-14-10/h10,12H,4-9H2,1-3H3. The van der Waals surface area contributed by atoms with Crippen LogP contribution in [0.15, 0.2) is 0 Å². The van der Waals surface area contributed by atoms with Crippen molar-refractivity contribution in [2.75, 3.05) is 26.4 Å². The normalized spacial score (nSPS) is 22.9. The fraction of sp³-hybridized carbons (Fsp3) is 1.00. The molecule has 1 atom stereocenters. The molecule has 3 nitrogen and oxygen atoms in total. The Labute approximate surface area is 87.2 Å². The maximum absolute atomic E-state index is 5.53. The summed E-state index contributed by atoms with van der Waals surface area (Å²) in [6.45, 7) is 9.83. The van der Waals surface area contributed by atoms with Crippen LogP contribution in [0.5, 0.6) is 0 Å². The molecule has 0 amide bonds. The van der Waals surface area contributed by atoms with Crippen LogP contribution in [0.4, 0.5) is 0 Å². The minimum Gasteiger partial charge on any atom is -0.377 e. The zero-order valence-electron chi connectivity index (χ0n) is 9.64. The first-order chi connectivity index (χ1) is 6.58. The summed E-state index contributed by atoms with van der Waals surface area (Å²) in [7, 11) is 0. The van der Waals surface area contributed by atoms with Gasteiger partial charge in [-0.2, -0.15) is 0 Å². The van der Waals surface area contributed by atoms with Crippen LogP contribution in [0.25, 0.3) is 0 Å². The van der Waals surface area contributed by atoms with E-state index in [-0.39, 0.29) is 5.54 Å². The van der Waals surface area contributed by atoms with Crippen molar-refractivity contribution in [3.05, 3.63) is 0 Å². The summed E-state index contributed by atoms with van der Waals surface area (Å²) >= 11 is 0. The molecule has 0 aromatic heterocycles. The third-order valence-electron chi connectivity index (χ3n) is 2.23. The van der Waals surface area contributed by atoms with Gasteiger partial charge in [0.15, 0.2) is 0 Å². The second-order valence-corrected chi connectivity index (χ2v) is 4.89. The monoisotopic (exact) mass is 201 g/mol. The third kappa shape index (κ3) is 5.58. The molecule has 0 radical (unpaired) electrons. The maximum Gasteiger partial charge on any atom is 0.0809 e. The summed E-state index contributed by atoms with van der Waals surface area (Å²) in [5.41, 5.74) is 0.188. The van der Waals surface area contributed by atoms with E-state index < -0.39 is 0 Å². The van der Waals surface area contributed by atoms with Gasteiger partial charge in [-0.25, -0.2) is 0 Å². The van der Waals surface area contributed by atoms with Crippen LogP contribution < -0.4 is 5.32 Å². The van der Waals surface area contributed by atoms with Crippen molar-refractivity contribution < 1.29 is 9.47 Å². The first-order valence-electron chi connectivity index (χ1n) is 5.52. The van der Waals surface area contributed by atoms with E-state index in [9.17, 15) is 0 Å². The highest BCUT2D eigenvalue weighted by Gasteiger charge is 2.15. The summed E-state index contributed by atoms with van der Waals surface area (Å²) in [4.78, 5) is 0. The number of ether oxygens (including phenoxy) is 2. The molecule has 3 heteroatoms. The van der Waals surface area contributed by atoms with E-state index in [0.29, 0.717) is 6.10 Å². The fourth-order valence-electron chi connectivity index (χ4n) is 1.49. The Bertz CT molecular complexity index is 148. The molecular formula is C11H23NO2. The summed E-state index contributed by atoms with van der Waals surface area (Å²) in [6.07, 6.45) is 2.70. The van der Waals surface area contributed by atoms with Gasteiger partial charge in [0.05, 0.1) is 19.3 Å². The van der Waals surface area contributed by atoms with Gasteiger partial charge >= 0.3 is 0 Å². The molecule has 0 aromatic rings. The molecule has 0 aliphatic carbocycles. The van der Waals surface area contributed by atoms with E-state index in [1.54, 1.807) is 0 Å². The molecule has 0 spiro atoms. The zero-order valence-corrected chi connectivity index (χ0v) is 9.64. The van der Waals surface area contributed by atoms with Crippen molar-refractivity contribution in [1.29, 1.82) is 0 Å². The molecule has 1 saturated heterocycles. The van der Waals surface area contributed by atoms with E-state index in [0.717, 1.165) is 32.8 Å². The van der Waals surface area contributed by atoms with Crippen molar-refractivity contribution in [2.45, 2.75) is 45.3 Å². The van der Waals surface area contributed by atoms with Gasteiger partial charge in [0.1, 0.15) is 0 Å². The molecule has 1 rings (SSSR count). The van der Waals surface area contributed by atoms with Crippen molar-refractivity contribution in [3.8, 4) is 0 Å². The molecular weight excluding hydrogens is 178 g/mol. The number of hydrogen-bond acceptors (Lipinski definition) is 3. The van der Waals surface area contributed by atoms with E-state index in [1.807, 2.05) is 0 Å². The number of rotatable bonds is 5. The van der Waals surface area contributed by atoms with E-state index in [1.165, 1.54) is 6.42 Å². The lowest BCUT2D eigenvalue weighted by Crippen LogP contribution is -2.38. The molecule has 1 aliphatic heterocycles. The molecule has 84 valence electrons. The Morgan fingerprint density at radius 2 is 2.21 bits per heavy atom. The van der Waals surface area contributed by atoms with Gasteiger partial charge in [-0.3, -0.25) is 0 Å². The second-order valence-electron chi connectivity index (χ2n) is 4.89. The Morgan fingerprint density at radius 1 is 1.43 bits per heavy atom. The van der Waals surface area contributed by atoms with Crippen molar-refractivity contribution in [1.82, 2.24) is 5.32 Å². The van der Waals surface area contributed by atoms with Crippen molar-refractivity contribution in [3.63, 3.8) is 0 Å². The largest absolute Gasteiger partial charge is 0.377 e. The van der Waals surface area contributed by atoms with Gasteiger partial charge < -0.3 is 14.8 Å². The smallest absolute Gasteiger partial charge is 0.0809 e. The molecule has 1 unspecified atom stereocenters. The van der Waals surface area contributed by atoms with Gasteiger partial charge in [0.25, 0.3) is 0 Å². The van der Waals surface area contributed by atoms with Crippen LogP contribution in [0.1, 0.15) is 33.6 Å². The molecule has 14 heavy (non-hydrogen) atoms. The Morgan fingerprint density at radius 3 is 2.79 bits per heavy atom. The first-order valence-corrected chi connectivity index (χ1v) is 5.52. The number of nitrogens with one attached hydrogen (secondary N) is 1. The highest BCUT2D eigenvalue weighted by atomic mass is 16.5. The molecule has 0 bridgehead atoms. The van der Waals surface area contributed by atoms with E-state index >= 15 is 0 Å². The van der Waals surface area contributed by atoms with Gasteiger partial charge in [-0.05, 0) is 33.6 Å². The zero-order chi connectivity index (χ0) is 10.4. The lowest BCUT2D eigenvalue weighted by atomic mass is 10.1. The second kappa shape index (κ2) is 5.69. The highest BCUT2D eigenvalue weighted by molar-refractivity contribution is 4.69. The fourth-order valence-corrected chi connectivity index (χ4v) is 1.49. The van der Waals surface area contributed by atoms with Gasteiger partial charge in [-0.15, -0.1) is 0 Å². The SMILES string of the molecule is CC(C)(C)NCCOCC1CCCO1. The molecule has 1 aliphatic rings. The quantitative estimate of drug-likeness (QED) is 0.685. The van der Waals surface area contributed by atoms with Gasteiger partial charge in [-0.1, -0.05) is 0 Å². The van der Waals surface area contributed by atoms with Gasteiger partial charge in [0, 0.05) is 18.7 Å². The van der Waals surface area contributed by atoms with Crippen LogP contribution in [0, 0.1) is 0 Å². The minimum absolute atomic E-state index is 0.188. The van der Waals surface area contributed by atoms with Crippen LogP contribution in [-0.4, -0.2) is 38.0 Å². The average Bonchev–Trinajstić information content (AvgIpc) is 2.54. The highest BCUT2D eigenvalue weighted by Crippen LogP contribution is 2.11. The lowest BCUT2D eigenvalue weighted by molar-refractivity contribution is 0.0173.